The van der Waals surface area contributed by atoms with Crippen molar-refractivity contribution in [3.05, 3.63) is 113 Å². The second-order valence-electron chi connectivity index (χ2n) is 11.0. The summed E-state index contributed by atoms with van der Waals surface area (Å²) in [7, 11) is 1.90. The summed E-state index contributed by atoms with van der Waals surface area (Å²) in [6.45, 7) is 6.53. The summed E-state index contributed by atoms with van der Waals surface area (Å²) in [5.41, 5.74) is 11.4. The van der Waals surface area contributed by atoms with Gasteiger partial charge in [-0.15, -0.1) is 0 Å². The van der Waals surface area contributed by atoms with Crippen LogP contribution in [0.5, 0.6) is 0 Å². The lowest BCUT2D eigenvalue weighted by Gasteiger charge is -2.22. The molecule has 4 aromatic carbocycles. The Morgan fingerprint density at radius 2 is 1.62 bits per heavy atom. The van der Waals surface area contributed by atoms with E-state index < -0.39 is 0 Å². The molecule has 0 aliphatic heterocycles. The number of hydrogen-bond acceptors (Lipinski definition) is 2. The molecule has 4 heteroatoms. The molecule has 7 rings (SSSR count). The number of nitrogens with zero attached hydrogens (tertiary/aromatic N) is 2. The van der Waals surface area contributed by atoms with E-state index in [2.05, 4.69) is 62.4 Å². The molecule has 0 spiro atoms. The number of aryl methyl sites for hydroxylation is 2. The van der Waals surface area contributed by atoms with Crippen LogP contribution in [-0.4, -0.2) is 0 Å². The number of fused-ring (bicyclic) bond motifs is 6. The summed E-state index contributed by atoms with van der Waals surface area (Å²) in [4.78, 5) is 0. The zero-order valence-corrected chi connectivity index (χ0v) is 22.3. The van der Waals surface area contributed by atoms with Gasteiger partial charge in [0.05, 0.1) is 17.2 Å². The molecule has 0 saturated heterocycles. The van der Waals surface area contributed by atoms with E-state index in [0.717, 1.165) is 44.3 Å². The molecule has 0 unspecified atom stereocenters. The fraction of sp³-hybridized carbons (Fsp3) is 0.143. The van der Waals surface area contributed by atoms with Gasteiger partial charge in [-0.25, -0.2) is 8.96 Å². The third kappa shape index (κ3) is 3.30. The van der Waals surface area contributed by atoms with Crippen molar-refractivity contribution in [3.63, 3.8) is 0 Å². The van der Waals surface area contributed by atoms with Crippen molar-refractivity contribution in [1.82, 2.24) is 0 Å². The summed E-state index contributed by atoms with van der Waals surface area (Å²) in [5, 5.41) is 11.7. The van der Waals surface area contributed by atoms with Gasteiger partial charge in [0.1, 0.15) is 24.0 Å². The van der Waals surface area contributed by atoms with E-state index in [0.29, 0.717) is 11.1 Å². The van der Waals surface area contributed by atoms with E-state index in [1.165, 1.54) is 34.4 Å². The first-order valence-electron chi connectivity index (χ1n) is 13.1. The summed E-state index contributed by atoms with van der Waals surface area (Å²) in [5.74, 6) is -0.301. The van der Waals surface area contributed by atoms with Crippen molar-refractivity contribution >= 4 is 21.9 Å². The Bertz CT molecular complexity index is 2040. The highest BCUT2D eigenvalue weighted by Gasteiger charge is 2.35. The molecule has 2 aromatic heterocycles. The fourth-order valence-corrected chi connectivity index (χ4v) is 6.30. The number of halogens is 1. The van der Waals surface area contributed by atoms with Crippen LogP contribution in [0.1, 0.15) is 36.1 Å². The zero-order valence-electron chi connectivity index (χ0n) is 22.3. The van der Waals surface area contributed by atoms with Gasteiger partial charge in [-0.1, -0.05) is 62.4 Å². The summed E-state index contributed by atoms with van der Waals surface area (Å²) in [6, 6.07) is 28.3. The van der Waals surface area contributed by atoms with Gasteiger partial charge >= 0.3 is 0 Å². The van der Waals surface area contributed by atoms with Gasteiger partial charge in [0.2, 0.25) is 5.69 Å². The van der Waals surface area contributed by atoms with Crippen LogP contribution < -0.4 is 4.57 Å². The standard InChI is InChI=1S/C35H26FN2O/c1-20-9-11-26-28-16-21(19-37)15-27(33(28)39-34(26)32(20)31-18-23(36)13-14-38(31)4)22-10-12-25-24-7-5-6-8-29(24)35(2,3)30(25)17-22/h5-18H,1-4H3/q+1. The van der Waals surface area contributed by atoms with Crippen LogP contribution in [0.4, 0.5) is 4.39 Å². The lowest BCUT2D eigenvalue weighted by Crippen LogP contribution is -2.30. The van der Waals surface area contributed by atoms with Crippen LogP contribution in [0, 0.1) is 24.1 Å². The van der Waals surface area contributed by atoms with Crippen molar-refractivity contribution in [2.24, 2.45) is 7.05 Å². The number of benzene rings is 4. The molecule has 188 valence electrons. The minimum Gasteiger partial charge on any atom is -0.454 e. The van der Waals surface area contributed by atoms with E-state index in [1.807, 2.05) is 42.8 Å². The molecule has 0 amide bonds. The lowest BCUT2D eigenvalue weighted by molar-refractivity contribution is -0.660. The van der Waals surface area contributed by atoms with Gasteiger partial charge < -0.3 is 4.42 Å². The molecule has 0 fully saturated rings. The molecule has 1 aliphatic rings. The molecule has 3 nitrogen and oxygen atoms in total. The lowest BCUT2D eigenvalue weighted by atomic mass is 9.81. The topological polar surface area (TPSA) is 40.8 Å². The van der Waals surface area contributed by atoms with E-state index in [-0.39, 0.29) is 11.2 Å². The molecule has 0 saturated carbocycles. The Balaban J connectivity index is 1.52. The molecule has 1 aliphatic carbocycles. The largest absolute Gasteiger partial charge is 0.454 e. The van der Waals surface area contributed by atoms with Crippen molar-refractivity contribution < 1.29 is 13.4 Å². The predicted octanol–water partition coefficient (Wildman–Crippen LogP) is 8.37. The maximum absolute atomic E-state index is 14.3. The molecule has 0 bridgehead atoms. The predicted molar refractivity (Wildman–Crippen MR) is 153 cm³/mol. The maximum atomic E-state index is 14.3. The summed E-state index contributed by atoms with van der Waals surface area (Å²) in [6.07, 6.45) is 1.72. The Morgan fingerprint density at radius 1 is 0.821 bits per heavy atom. The number of aromatic nitrogens is 1. The number of pyridine rings is 1. The summed E-state index contributed by atoms with van der Waals surface area (Å²) >= 11 is 0. The Morgan fingerprint density at radius 3 is 2.44 bits per heavy atom. The average molecular weight is 510 g/mol. The first kappa shape index (κ1) is 23.4. The van der Waals surface area contributed by atoms with Crippen molar-refractivity contribution in [2.75, 3.05) is 0 Å². The van der Waals surface area contributed by atoms with Crippen LogP contribution in [0.25, 0.3) is 55.4 Å². The minimum atomic E-state index is -0.301. The zero-order chi connectivity index (χ0) is 27.1. The second kappa shape index (κ2) is 8.12. The van der Waals surface area contributed by atoms with Gasteiger partial charge in [-0.3, -0.25) is 0 Å². The Hall–Kier alpha value is -4.75. The summed E-state index contributed by atoms with van der Waals surface area (Å²) < 4.78 is 22.9. The number of rotatable bonds is 2. The fourth-order valence-electron chi connectivity index (χ4n) is 6.30. The van der Waals surface area contributed by atoms with Gasteiger partial charge in [-0.2, -0.15) is 5.26 Å². The molecule has 0 radical (unpaired) electrons. The number of nitriles is 1. The highest BCUT2D eigenvalue weighted by Crippen LogP contribution is 2.50. The molecular formula is C35H26FN2O+. The van der Waals surface area contributed by atoms with Crippen molar-refractivity contribution in [2.45, 2.75) is 26.2 Å². The molecule has 39 heavy (non-hydrogen) atoms. The van der Waals surface area contributed by atoms with Crippen molar-refractivity contribution in [1.29, 1.82) is 5.26 Å². The van der Waals surface area contributed by atoms with Crippen LogP contribution >= 0.6 is 0 Å². The third-order valence-corrected chi connectivity index (χ3v) is 8.34. The van der Waals surface area contributed by atoms with Crippen LogP contribution in [0.3, 0.4) is 0 Å². The van der Waals surface area contributed by atoms with E-state index in [4.69, 9.17) is 4.42 Å². The number of furan rings is 1. The van der Waals surface area contributed by atoms with Gasteiger partial charge in [0.15, 0.2) is 6.20 Å². The van der Waals surface area contributed by atoms with Crippen LogP contribution in [0.15, 0.2) is 89.5 Å². The molecule has 0 N–H and O–H groups in total. The maximum Gasteiger partial charge on any atom is 0.219 e. The third-order valence-electron chi connectivity index (χ3n) is 8.34. The smallest absolute Gasteiger partial charge is 0.219 e. The van der Waals surface area contributed by atoms with Crippen molar-refractivity contribution in [3.8, 4) is 39.6 Å². The average Bonchev–Trinajstić information content (AvgIpc) is 3.42. The molecule has 2 heterocycles. The monoisotopic (exact) mass is 509 g/mol. The quantitative estimate of drug-likeness (QED) is 0.220. The van der Waals surface area contributed by atoms with Crippen LogP contribution in [-0.2, 0) is 12.5 Å². The van der Waals surface area contributed by atoms with Gasteiger partial charge in [0, 0.05) is 33.9 Å². The van der Waals surface area contributed by atoms with Gasteiger partial charge in [0.25, 0.3) is 0 Å². The molecular weight excluding hydrogens is 483 g/mol. The first-order valence-corrected chi connectivity index (χ1v) is 13.1. The van der Waals surface area contributed by atoms with Crippen LogP contribution in [0.2, 0.25) is 0 Å². The minimum absolute atomic E-state index is 0.141. The SMILES string of the molecule is Cc1ccc2c(oc3c(-c4ccc5c(c4)C(C)(C)c4ccccc4-5)cc(C#N)cc32)c1-c1cc(F)cc[n+]1C. The highest BCUT2D eigenvalue weighted by molar-refractivity contribution is 6.13. The molecule has 0 atom stereocenters. The van der Waals surface area contributed by atoms with Gasteiger partial charge in [-0.05, 0) is 58.5 Å². The first-order chi connectivity index (χ1) is 18.8. The number of hydrogen-bond donors (Lipinski definition) is 0. The molecule has 6 aromatic rings. The van der Waals surface area contributed by atoms with E-state index in [1.54, 1.807) is 6.20 Å². The second-order valence-corrected chi connectivity index (χ2v) is 11.0. The Kier molecular flexibility index (Phi) is 4.87. The normalized spacial score (nSPS) is 13.4. The highest BCUT2D eigenvalue weighted by atomic mass is 19.1. The Labute approximate surface area is 226 Å². The van der Waals surface area contributed by atoms with E-state index >= 15 is 0 Å². The van der Waals surface area contributed by atoms with E-state index in [9.17, 15) is 9.65 Å².